The molecule has 0 spiro atoms. The van der Waals surface area contributed by atoms with E-state index in [0.29, 0.717) is 5.56 Å². The monoisotopic (exact) mass is 427 g/mol. The summed E-state index contributed by atoms with van der Waals surface area (Å²) in [6.45, 7) is 6.12. The van der Waals surface area contributed by atoms with Crippen LogP contribution in [0, 0.1) is 20.8 Å². The summed E-state index contributed by atoms with van der Waals surface area (Å²) in [4.78, 5) is 18.6. The number of benzene rings is 2. The van der Waals surface area contributed by atoms with Crippen molar-refractivity contribution in [2.45, 2.75) is 26.8 Å². The van der Waals surface area contributed by atoms with E-state index >= 15 is 0 Å². The quantitative estimate of drug-likeness (QED) is 0.368. The van der Waals surface area contributed by atoms with Crippen molar-refractivity contribution in [3.05, 3.63) is 112 Å². The lowest BCUT2D eigenvalue weighted by molar-refractivity contribution is 0.102. The summed E-state index contributed by atoms with van der Waals surface area (Å²) in [5.74, 6) is 0.690. The number of hydrogen-bond donors (Lipinski definition) is 2. The number of pyridine rings is 1. The molecule has 0 saturated heterocycles. The van der Waals surface area contributed by atoms with Crippen molar-refractivity contribution < 1.29 is 4.79 Å². The van der Waals surface area contributed by atoms with E-state index in [-0.39, 0.29) is 11.9 Å². The Balaban J connectivity index is 1.72. The Morgan fingerprint density at radius 3 is 2.35 bits per heavy atom. The minimum absolute atomic E-state index is 0.111. The fourth-order valence-electron chi connectivity index (χ4n) is 3.48. The van der Waals surface area contributed by atoms with Crippen molar-refractivity contribution in [2.75, 3.05) is 10.6 Å². The van der Waals surface area contributed by atoms with Gasteiger partial charge in [0.05, 0.1) is 6.04 Å². The van der Waals surface area contributed by atoms with E-state index in [1.54, 1.807) is 11.3 Å². The Labute approximate surface area is 187 Å². The van der Waals surface area contributed by atoms with E-state index in [2.05, 4.69) is 59.8 Å². The van der Waals surface area contributed by atoms with E-state index in [0.717, 1.165) is 32.5 Å². The second kappa shape index (κ2) is 9.14. The van der Waals surface area contributed by atoms with Crippen molar-refractivity contribution in [3.8, 4) is 0 Å². The van der Waals surface area contributed by atoms with Gasteiger partial charge in [-0.3, -0.25) is 4.79 Å². The van der Waals surface area contributed by atoms with E-state index in [1.807, 2.05) is 55.5 Å². The first kappa shape index (κ1) is 20.8. The van der Waals surface area contributed by atoms with Crippen LogP contribution in [0.25, 0.3) is 0 Å². The average Bonchev–Trinajstić information content (AvgIpc) is 3.13. The number of hydrogen-bond acceptors (Lipinski definition) is 4. The molecule has 1 atom stereocenters. The van der Waals surface area contributed by atoms with Crippen LogP contribution < -0.4 is 10.6 Å². The Hall–Kier alpha value is -3.44. The topological polar surface area (TPSA) is 54.0 Å². The van der Waals surface area contributed by atoms with Gasteiger partial charge in [0.15, 0.2) is 0 Å². The molecule has 0 aliphatic carbocycles. The molecule has 0 aliphatic heterocycles. The number of aromatic nitrogens is 1. The largest absolute Gasteiger partial charge is 0.359 e. The molecule has 2 N–H and O–H groups in total. The highest BCUT2D eigenvalue weighted by atomic mass is 32.1. The van der Waals surface area contributed by atoms with Crippen LogP contribution in [0.4, 0.5) is 10.8 Å². The van der Waals surface area contributed by atoms with E-state index in [1.165, 1.54) is 5.56 Å². The van der Waals surface area contributed by atoms with Gasteiger partial charge in [-0.05, 0) is 56.7 Å². The van der Waals surface area contributed by atoms with Gasteiger partial charge in [-0.2, -0.15) is 0 Å². The zero-order valence-electron chi connectivity index (χ0n) is 17.8. The standard InChI is InChI=1S/C26H25N3OS/c1-17-12-14-20(15-13-17)24(28-23-11-7-8-18(2)27-23)22-16-19(3)31-26(22)29-25(30)21-9-5-4-6-10-21/h4-16,24H,1-3H3,(H,27,28)(H,29,30). The maximum absolute atomic E-state index is 12.8. The Morgan fingerprint density at radius 2 is 1.65 bits per heavy atom. The molecule has 0 fully saturated rings. The molecule has 0 bridgehead atoms. The number of rotatable bonds is 6. The van der Waals surface area contributed by atoms with Gasteiger partial charge in [-0.15, -0.1) is 11.3 Å². The van der Waals surface area contributed by atoms with Crippen molar-refractivity contribution >= 4 is 28.1 Å². The molecule has 0 aliphatic rings. The lowest BCUT2D eigenvalue weighted by Crippen LogP contribution is -2.17. The number of nitrogens with one attached hydrogen (secondary N) is 2. The van der Waals surface area contributed by atoms with Gasteiger partial charge in [0, 0.05) is 21.7 Å². The van der Waals surface area contributed by atoms with Crippen LogP contribution in [-0.2, 0) is 0 Å². The summed E-state index contributed by atoms with van der Waals surface area (Å²) in [6, 6.07) is 25.7. The van der Waals surface area contributed by atoms with E-state index in [4.69, 9.17) is 0 Å². The summed E-state index contributed by atoms with van der Waals surface area (Å²) in [5.41, 5.74) is 4.93. The molecule has 156 valence electrons. The maximum Gasteiger partial charge on any atom is 0.256 e. The van der Waals surface area contributed by atoms with Gasteiger partial charge in [0.1, 0.15) is 10.8 Å². The normalized spacial score (nSPS) is 11.7. The highest BCUT2D eigenvalue weighted by Gasteiger charge is 2.22. The molecule has 0 radical (unpaired) electrons. The number of carbonyl (C=O) groups excluding carboxylic acids is 1. The number of thiophene rings is 1. The molecule has 2 heterocycles. The highest BCUT2D eigenvalue weighted by molar-refractivity contribution is 7.16. The fraction of sp³-hybridized carbons (Fsp3) is 0.154. The minimum atomic E-state index is -0.147. The van der Waals surface area contributed by atoms with Gasteiger partial charge in [0.25, 0.3) is 5.91 Å². The molecule has 4 aromatic rings. The van der Waals surface area contributed by atoms with Crippen LogP contribution in [0.1, 0.15) is 43.7 Å². The van der Waals surface area contributed by atoms with Gasteiger partial charge < -0.3 is 10.6 Å². The molecule has 2 aromatic heterocycles. The maximum atomic E-state index is 12.8. The van der Waals surface area contributed by atoms with Crippen LogP contribution in [0.5, 0.6) is 0 Å². The van der Waals surface area contributed by atoms with Crippen LogP contribution in [0.3, 0.4) is 0 Å². The molecule has 4 rings (SSSR count). The summed E-state index contributed by atoms with van der Waals surface area (Å²) in [7, 11) is 0. The molecule has 5 heteroatoms. The second-order valence-corrected chi connectivity index (χ2v) is 8.87. The molecule has 31 heavy (non-hydrogen) atoms. The first-order chi connectivity index (χ1) is 15.0. The first-order valence-corrected chi connectivity index (χ1v) is 11.0. The molecular weight excluding hydrogens is 402 g/mol. The van der Waals surface area contributed by atoms with Crippen molar-refractivity contribution in [1.82, 2.24) is 4.98 Å². The van der Waals surface area contributed by atoms with Crippen LogP contribution in [-0.4, -0.2) is 10.9 Å². The zero-order chi connectivity index (χ0) is 21.8. The molecule has 1 amide bonds. The van der Waals surface area contributed by atoms with Gasteiger partial charge in [-0.25, -0.2) is 4.98 Å². The smallest absolute Gasteiger partial charge is 0.256 e. The summed E-state index contributed by atoms with van der Waals surface area (Å²) in [6.07, 6.45) is 0. The number of anilines is 2. The van der Waals surface area contributed by atoms with Crippen LogP contribution >= 0.6 is 11.3 Å². The highest BCUT2D eigenvalue weighted by Crippen LogP contribution is 2.37. The Bertz CT molecular complexity index is 1180. The number of amides is 1. The molecule has 2 aromatic carbocycles. The first-order valence-electron chi connectivity index (χ1n) is 10.2. The molecule has 0 saturated carbocycles. The summed E-state index contributed by atoms with van der Waals surface area (Å²) >= 11 is 1.58. The molecular formula is C26H25N3OS. The SMILES string of the molecule is Cc1ccc(C(Nc2cccc(C)n2)c2cc(C)sc2NC(=O)c2ccccc2)cc1. The lowest BCUT2D eigenvalue weighted by atomic mass is 9.99. The van der Waals surface area contributed by atoms with Crippen molar-refractivity contribution in [1.29, 1.82) is 0 Å². The fourth-order valence-corrected chi connectivity index (χ4v) is 4.43. The number of nitrogens with zero attached hydrogens (tertiary/aromatic N) is 1. The number of aryl methyl sites for hydroxylation is 3. The predicted molar refractivity (Wildman–Crippen MR) is 129 cm³/mol. The lowest BCUT2D eigenvalue weighted by Gasteiger charge is -2.21. The third-order valence-corrected chi connectivity index (χ3v) is 6.03. The Kier molecular flexibility index (Phi) is 6.14. The third kappa shape index (κ3) is 5.01. The molecule has 1 unspecified atom stereocenters. The predicted octanol–water partition coefficient (Wildman–Crippen LogP) is 6.52. The third-order valence-electron chi connectivity index (χ3n) is 5.05. The average molecular weight is 428 g/mol. The number of carbonyl (C=O) groups is 1. The van der Waals surface area contributed by atoms with Crippen molar-refractivity contribution in [2.24, 2.45) is 0 Å². The Morgan fingerprint density at radius 1 is 0.903 bits per heavy atom. The van der Waals surface area contributed by atoms with Crippen LogP contribution in [0.2, 0.25) is 0 Å². The molecule has 4 nitrogen and oxygen atoms in total. The van der Waals surface area contributed by atoms with Crippen LogP contribution in [0.15, 0.2) is 78.9 Å². The van der Waals surface area contributed by atoms with E-state index in [9.17, 15) is 4.79 Å². The minimum Gasteiger partial charge on any atom is -0.359 e. The van der Waals surface area contributed by atoms with Gasteiger partial charge >= 0.3 is 0 Å². The van der Waals surface area contributed by atoms with Gasteiger partial charge in [0.2, 0.25) is 0 Å². The summed E-state index contributed by atoms with van der Waals surface area (Å²) < 4.78 is 0. The van der Waals surface area contributed by atoms with Gasteiger partial charge in [-0.1, -0.05) is 54.1 Å². The zero-order valence-corrected chi connectivity index (χ0v) is 18.7. The summed E-state index contributed by atoms with van der Waals surface area (Å²) in [5, 5.41) is 7.55. The van der Waals surface area contributed by atoms with E-state index < -0.39 is 0 Å². The van der Waals surface area contributed by atoms with Crippen molar-refractivity contribution in [3.63, 3.8) is 0 Å². The second-order valence-electron chi connectivity index (χ2n) is 7.61.